The summed E-state index contributed by atoms with van der Waals surface area (Å²) in [5.74, 6) is -0.0405. The van der Waals surface area contributed by atoms with Gasteiger partial charge >= 0.3 is 5.97 Å². The third-order valence-electron chi connectivity index (χ3n) is 2.51. The number of rotatable bonds is 1. The van der Waals surface area contributed by atoms with Crippen molar-refractivity contribution >= 4 is 18.4 Å². The van der Waals surface area contributed by atoms with Crippen molar-refractivity contribution in [3.05, 3.63) is 17.2 Å². The Kier molecular flexibility index (Phi) is 3.16. The van der Waals surface area contributed by atoms with Crippen molar-refractivity contribution in [1.82, 2.24) is 9.97 Å². The van der Waals surface area contributed by atoms with Crippen molar-refractivity contribution in [2.45, 2.75) is 26.2 Å². The van der Waals surface area contributed by atoms with Gasteiger partial charge in [-0.15, -0.1) is 12.4 Å². The fourth-order valence-corrected chi connectivity index (χ4v) is 1.83. The third-order valence-corrected chi connectivity index (χ3v) is 2.51. The molecule has 5 heteroatoms. The van der Waals surface area contributed by atoms with Crippen molar-refractivity contribution in [3.8, 4) is 0 Å². The molecule has 1 aromatic rings. The number of hydrogen-bond acceptors (Lipinski definition) is 2. The van der Waals surface area contributed by atoms with Gasteiger partial charge in [0.15, 0.2) is 0 Å². The Hall–Kier alpha value is -1.03. The SMILES string of the molecule is Cc1nc2c([nH]1)CC(C(=O)O)CC2.Cl. The Morgan fingerprint density at radius 3 is 3.00 bits per heavy atom. The topological polar surface area (TPSA) is 66.0 Å². The van der Waals surface area contributed by atoms with E-state index in [1.807, 2.05) is 6.92 Å². The van der Waals surface area contributed by atoms with Gasteiger partial charge in [0.2, 0.25) is 0 Å². The molecule has 14 heavy (non-hydrogen) atoms. The van der Waals surface area contributed by atoms with Gasteiger partial charge in [-0.25, -0.2) is 4.98 Å². The van der Waals surface area contributed by atoms with Crippen LogP contribution in [0.1, 0.15) is 23.6 Å². The summed E-state index contributed by atoms with van der Waals surface area (Å²) in [5, 5.41) is 8.84. The Morgan fingerprint density at radius 2 is 2.36 bits per heavy atom. The highest BCUT2D eigenvalue weighted by atomic mass is 35.5. The summed E-state index contributed by atoms with van der Waals surface area (Å²) in [5.41, 5.74) is 2.06. The summed E-state index contributed by atoms with van der Waals surface area (Å²) >= 11 is 0. The molecule has 2 N–H and O–H groups in total. The maximum Gasteiger partial charge on any atom is 0.306 e. The van der Waals surface area contributed by atoms with Crippen LogP contribution < -0.4 is 0 Å². The van der Waals surface area contributed by atoms with Crippen molar-refractivity contribution < 1.29 is 9.90 Å². The molecule has 1 aliphatic rings. The predicted molar refractivity (Wildman–Crippen MR) is 53.7 cm³/mol. The Labute approximate surface area is 88.2 Å². The minimum Gasteiger partial charge on any atom is -0.481 e. The van der Waals surface area contributed by atoms with Crippen LogP contribution in [0.5, 0.6) is 0 Å². The summed E-state index contributed by atoms with van der Waals surface area (Å²) < 4.78 is 0. The van der Waals surface area contributed by atoms with Gasteiger partial charge in [-0.2, -0.15) is 0 Å². The zero-order valence-electron chi connectivity index (χ0n) is 7.91. The maximum atomic E-state index is 10.7. The van der Waals surface area contributed by atoms with Gasteiger partial charge in [0.05, 0.1) is 11.6 Å². The lowest BCUT2D eigenvalue weighted by Crippen LogP contribution is -2.22. The fraction of sp³-hybridized carbons (Fsp3) is 0.556. The van der Waals surface area contributed by atoms with E-state index in [-0.39, 0.29) is 18.3 Å². The van der Waals surface area contributed by atoms with Gasteiger partial charge in [-0.3, -0.25) is 4.79 Å². The number of aromatic nitrogens is 2. The van der Waals surface area contributed by atoms with Crippen molar-refractivity contribution in [2.24, 2.45) is 5.92 Å². The predicted octanol–water partition coefficient (Wildman–Crippen LogP) is 1.33. The van der Waals surface area contributed by atoms with E-state index < -0.39 is 5.97 Å². The summed E-state index contributed by atoms with van der Waals surface area (Å²) in [6, 6.07) is 0. The van der Waals surface area contributed by atoms with Gasteiger partial charge in [0.25, 0.3) is 0 Å². The van der Waals surface area contributed by atoms with E-state index in [0.717, 1.165) is 23.6 Å². The molecule has 1 aliphatic carbocycles. The lowest BCUT2D eigenvalue weighted by molar-refractivity contribution is -0.142. The molecular weight excluding hydrogens is 204 g/mol. The number of aryl methyl sites for hydroxylation is 2. The van der Waals surface area contributed by atoms with E-state index in [1.165, 1.54) is 0 Å². The maximum absolute atomic E-state index is 10.7. The number of nitrogens with zero attached hydrogens (tertiary/aromatic N) is 1. The molecule has 0 amide bonds. The normalized spacial score (nSPS) is 19.6. The lowest BCUT2D eigenvalue weighted by atomic mass is 9.90. The second-order valence-electron chi connectivity index (χ2n) is 3.53. The van der Waals surface area contributed by atoms with Gasteiger partial charge < -0.3 is 10.1 Å². The number of hydrogen-bond donors (Lipinski definition) is 2. The summed E-state index contributed by atoms with van der Waals surface area (Å²) in [6.07, 6.45) is 2.11. The Balaban J connectivity index is 0.000000980. The van der Waals surface area contributed by atoms with E-state index in [9.17, 15) is 4.79 Å². The average molecular weight is 217 g/mol. The summed E-state index contributed by atoms with van der Waals surface area (Å²) in [7, 11) is 0. The molecule has 1 aromatic heterocycles. The van der Waals surface area contributed by atoms with Crippen LogP contribution >= 0.6 is 12.4 Å². The molecule has 2 rings (SSSR count). The molecule has 1 unspecified atom stereocenters. The van der Waals surface area contributed by atoms with Gasteiger partial charge in [0.1, 0.15) is 5.82 Å². The molecule has 0 aromatic carbocycles. The average Bonchev–Trinajstić information content (AvgIpc) is 2.42. The highest BCUT2D eigenvalue weighted by Gasteiger charge is 2.26. The smallest absolute Gasteiger partial charge is 0.306 e. The minimum atomic E-state index is -0.696. The van der Waals surface area contributed by atoms with Gasteiger partial charge in [-0.1, -0.05) is 0 Å². The second-order valence-corrected chi connectivity index (χ2v) is 3.53. The first kappa shape index (κ1) is 11.0. The van der Waals surface area contributed by atoms with E-state index >= 15 is 0 Å². The van der Waals surface area contributed by atoms with Crippen molar-refractivity contribution in [3.63, 3.8) is 0 Å². The van der Waals surface area contributed by atoms with E-state index in [2.05, 4.69) is 9.97 Å². The summed E-state index contributed by atoms with van der Waals surface area (Å²) in [4.78, 5) is 18.1. The number of nitrogens with one attached hydrogen (secondary N) is 1. The number of carboxylic acids is 1. The quantitative estimate of drug-likeness (QED) is 0.744. The molecule has 0 aliphatic heterocycles. The molecule has 1 heterocycles. The first-order valence-corrected chi connectivity index (χ1v) is 4.44. The Morgan fingerprint density at radius 1 is 1.64 bits per heavy atom. The largest absolute Gasteiger partial charge is 0.481 e. The van der Waals surface area contributed by atoms with E-state index in [1.54, 1.807) is 0 Å². The number of aromatic amines is 1. The first-order chi connectivity index (χ1) is 6.16. The Bertz CT molecular complexity index is 349. The zero-order chi connectivity index (χ0) is 9.42. The number of imidazole rings is 1. The number of carbonyl (C=O) groups is 1. The number of halogens is 1. The van der Waals surface area contributed by atoms with Crippen LogP contribution in [0.2, 0.25) is 0 Å². The molecule has 4 nitrogen and oxygen atoms in total. The van der Waals surface area contributed by atoms with Gasteiger partial charge in [0, 0.05) is 12.1 Å². The van der Waals surface area contributed by atoms with Crippen LogP contribution in [0.25, 0.3) is 0 Å². The minimum absolute atomic E-state index is 0. The first-order valence-electron chi connectivity index (χ1n) is 4.44. The van der Waals surface area contributed by atoms with Gasteiger partial charge in [-0.05, 0) is 19.8 Å². The molecule has 0 bridgehead atoms. The van der Waals surface area contributed by atoms with Crippen LogP contribution in [0.3, 0.4) is 0 Å². The van der Waals surface area contributed by atoms with E-state index in [0.29, 0.717) is 12.8 Å². The van der Waals surface area contributed by atoms with Crippen LogP contribution in [-0.4, -0.2) is 21.0 Å². The lowest BCUT2D eigenvalue weighted by Gasteiger charge is -2.16. The van der Waals surface area contributed by atoms with Crippen LogP contribution in [-0.2, 0) is 17.6 Å². The molecule has 0 fully saturated rings. The highest BCUT2D eigenvalue weighted by Crippen LogP contribution is 2.23. The van der Waals surface area contributed by atoms with Crippen molar-refractivity contribution in [2.75, 3.05) is 0 Å². The van der Waals surface area contributed by atoms with Crippen LogP contribution in [0.15, 0.2) is 0 Å². The molecule has 0 radical (unpaired) electrons. The summed E-state index contributed by atoms with van der Waals surface area (Å²) in [6.45, 7) is 1.90. The molecule has 0 saturated heterocycles. The number of H-pyrrole nitrogens is 1. The van der Waals surface area contributed by atoms with Crippen molar-refractivity contribution in [1.29, 1.82) is 0 Å². The second kappa shape index (κ2) is 4.00. The standard InChI is InChI=1S/C9H12N2O2.ClH/c1-5-10-7-3-2-6(9(12)13)4-8(7)11-5;/h6H,2-4H2,1H3,(H,10,11)(H,12,13);1H. The van der Waals surface area contributed by atoms with Crippen LogP contribution in [0, 0.1) is 12.8 Å². The molecule has 0 spiro atoms. The fourth-order valence-electron chi connectivity index (χ4n) is 1.83. The molecule has 78 valence electrons. The third kappa shape index (κ3) is 1.90. The molecule has 0 saturated carbocycles. The zero-order valence-corrected chi connectivity index (χ0v) is 8.73. The highest BCUT2D eigenvalue weighted by molar-refractivity contribution is 5.85. The van der Waals surface area contributed by atoms with Crippen LogP contribution in [0.4, 0.5) is 0 Å². The monoisotopic (exact) mass is 216 g/mol. The molecule has 1 atom stereocenters. The van der Waals surface area contributed by atoms with E-state index in [4.69, 9.17) is 5.11 Å². The number of aliphatic carboxylic acids is 1. The number of carboxylic acid groups (broad SMARTS) is 1. The number of fused-ring (bicyclic) bond motifs is 1. The molecular formula is C9H13ClN2O2.